The molecule has 0 spiro atoms. The number of amides is 1. The standard InChI is InChI=1S/C13H19N3O/c1-10(12-4-2-3-7-14-12)15-9-13(17)16-8-11-5-6-11/h2-4,7,10-11,15H,5-6,8-9H2,1H3,(H,16,17)/t10-/m1/s1. The summed E-state index contributed by atoms with van der Waals surface area (Å²) in [5.41, 5.74) is 0.961. The Hall–Kier alpha value is -1.42. The minimum Gasteiger partial charge on any atom is -0.355 e. The van der Waals surface area contributed by atoms with Crippen molar-refractivity contribution in [1.29, 1.82) is 0 Å². The molecule has 1 saturated carbocycles. The lowest BCUT2D eigenvalue weighted by molar-refractivity contribution is -0.120. The Bertz CT molecular complexity index is 362. The highest BCUT2D eigenvalue weighted by Crippen LogP contribution is 2.27. The van der Waals surface area contributed by atoms with Gasteiger partial charge in [-0.1, -0.05) is 6.07 Å². The van der Waals surface area contributed by atoms with Crippen LogP contribution in [0.15, 0.2) is 24.4 Å². The zero-order valence-electron chi connectivity index (χ0n) is 10.1. The highest BCUT2D eigenvalue weighted by atomic mass is 16.1. The van der Waals surface area contributed by atoms with Gasteiger partial charge in [0.1, 0.15) is 0 Å². The van der Waals surface area contributed by atoms with Crippen LogP contribution in [0.4, 0.5) is 0 Å². The van der Waals surface area contributed by atoms with Crippen LogP contribution in [0.3, 0.4) is 0 Å². The van der Waals surface area contributed by atoms with Crippen molar-refractivity contribution in [2.24, 2.45) is 5.92 Å². The van der Waals surface area contributed by atoms with Gasteiger partial charge in [-0.15, -0.1) is 0 Å². The molecule has 2 rings (SSSR count). The molecule has 0 bridgehead atoms. The molecule has 1 aliphatic rings. The molecule has 4 heteroatoms. The predicted octanol–water partition coefficient (Wildman–Crippen LogP) is 1.26. The summed E-state index contributed by atoms with van der Waals surface area (Å²) in [5, 5.41) is 6.10. The molecule has 0 aliphatic heterocycles. The summed E-state index contributed by atoms with van der Waals surface area (Å²) < 4.78 is 0. The lowest BCUT2D eigenvalue weighted by Crippen LogP contribution is -2.36. The molecular weight excluding hydrogens is 214 g/mol. The molecule has 4 nitrogen and oxygen atoms in total. The van der Waals surface area contributed by atoms with Crippen LogP contribution in [0.25, 0.3) is 0 Å². The molecule has 92 valence electrons. The van der Waals surface area contributed by atoms with Crippen LogP contribution in [0, 0.1) is 5.92 Å². The van der Waals surface area contributed by atoms with Crippen molar-refractivity contribution in [2.75, 3.05) is 13.1 Å². The van der Waals surface area contributed by atoms with Gasteiger partial charge in [-0.05, 0) is 37.8 Å². The molecule has 1 aliphatic carbocycles. The first-order chi connectivity index (χ1) is 8.25. The number of carbonyl (C=O) groups excluding carboxylic acids is 1. The van der Waals surface area contributed by atoms with E-state index in [1.807, 2.05) is 25.1 Å². The van der Waals surface area contributed by atoms with E-state index in [1.165, 1.54) is 12.8 Å². The third-order valence-electron chi connectivity index (χ3n) is 2.99. The first-order valence-electron chi connectivity index (χ1n) is 6.16. The van der Waals surface area contributed by atoms with Crippen LogP contribution in [0.1, 0.15) is 31.5 Å². The third-order valence-corrected chi connectivity index (χ3v) is 2.99. The monoisotopic (exact) mass is 233 g/mol. The van der Waals surface area contributed by atoms with Crippen molar-refractivity contribution in [3.05, 3.63) is 30.1 Å². The van der Waals surface area contributed by atoms with Crippen LogP contribution in [0.5, 0.6) is 0 Å². The summed E-state index contributed by atoms with van der Waals surface area (Å²) in [6.07, 6.45) is 4.29. The van der Waals surface area contributed by atoms with Gasteiger partial charge in [0.2, 0.25) is 5.91 Å². The summed E-state index contributed by atoms with van der Waals surface area (Å²) in [7, 11) is 0. The molecular formula is C13H19N3O. The van der Waals surface area contributed by atoms with E-state index in [2.05, 4.69) is 15.6 Å². The number of hydrogen-bond donors (Lipinski definition) is 2. The Kier molecular flexibility index (Phi) is 4.09. The molecule has 1 aromatic rings. The van der Waals surface area contributed by atoms with E-state index in [0.717, 1.165) is 18.2 Å². The highest BCUT2D eigenvalue weighted by molar-refractivity contribution is 5.78. The number of nitrogens with zero attached hydrogens (tertiary/aromatic N) is 1. The molecule has 1 amide bonds. The van der Waals surface area contributed by atoms with Gasteiger partial charge in [0.25, 0.3) is 0 Å². The Morgan fingerprint density at radius 1 is 1.53 bits per heavy atom. The molecule has 0 aromatic carbocycles. The second kappa shape index (κ2) is 5.77. The molecule has 1 aromatic heterocycles. The minimum absolute atomic E-state index is 0.0691. The zero-order chi connectivity index (χ0) is 12.1. The summed E-state index contributed by atoms with van der Waals surface area (Å²) in [6.45, 7) is 3.19. The quantitative estimate of drug-likeness (QED) is 0.777. The normalized spacial score (nSPS) is 16.5. The van der Waals surface area contributed by atoms with Gasteiger partial charge in [-0.2, -0.15) is 0 Å². The van der Waals surface area contributed by atoms with Gasteiger partial charge in [-0.3, -0.25) is 9.78 Å². The molecule has 1 atom stereocenters. The van der Waals surface area contributed by atoms with Gasteiger partial charge in [-0.25, -0.2) is 0 Å². The number of aromatic nitrogens is 1. The molecule has 1 fully saturated rings. The third kappa shape index (κ3) is 4.15. The van der Waals surface area contributed by atoms with Crippen molar-refractivity contribution >= 4 is 5.91 Å². The highest BCUT2D eigenvalue weighted by Gasteiger charge is 2.21. The first-order valence-corrected chi connectivity index (χ1v) is 6.16. The average Bonchev–Trinajstić information content (AvgIpc) is 3.18. The van der Waals surface area contributed by atoms with Crippen molar-refractivity contribution in [3.63, 3.8) is 0 Å². The molecule has 1 heterocycles. The Morgan fingerprint density at radius 3 is 3.00 bits per heavy atom. The predicted molar refractivity (Wildman–Crippen MR) is 66.4 cm³/mol. The van der Waals surface area contributed by atoms with Crippen molar-refractivity contribution in [3.8, 4) is 0 Å². The maximum absolute atomic E-state index is 11.5. The summed E-state index contributed by atoms with van der Waals surface area (Å²) in [6, 6.07) is 5.90. The topological polar surface area (TPSA) is 54.0 Å². The molecule has 0 unspecified atom stereocenters. The van der Waals surface area contributed by atoms with Gasteiger partial charge < -0.3 is 10.6 Å². The second-order valence-electron chi connectivity index (χ2n) is 4.60. The van der Waals surface area contributed by atoms with Crippen LogP contribution >= 0.6 is 0 Å². The maximum atomic E-state index is 11.5. The summed E-state index contributed by atoms with van der Waals surface area (Å²) in [5.74, 6) is 0.798. The van der Waals surface area contributed by atoms with E-state index in [0.29, 0.717) is 6.54 Å². The van der Waals surface area contributed by atoms with E-state index in [1.54, 1.807) is 6.20 Å². The molecule has 17 heavy (non-hydrogen) atoms. The lowest BCUT2D eigenvalue weighted by Gasteiger charge is -2.12. The van der Waals surface area contributed by atoms with Crippen LogP contribution < -0.4 is 10.6 Å². The van der Waals surface area contributed by atoms with Crippen LogP contribution in [-0.2, 0) is 4.79 Å². The van der Waals surface area contributed by atoms with E-state index in [9.17, 15) is 4.79 Å². The fourth-order valence-corrected chi connectivity index (χ4v) is 1.63. The van der Waals surface area contributed by atoms with Gasteiger partial charge in [0.15, 0.2) is 0 Å². The first kappa shape index (κ1) is 12.0. The van der Waals surface area contributed by atoms with Crippen molar-refractivity contribution < 1.29 is 4.79 Å². The smallest absolute Gasteiger partial charge is 0.233 e. The number of hydrogen-bond acceptors (Lipinski definition) is 3. The van der Waals surface area contributed by atoms with Crippen molar-refractivity contribution in [2.45, 2.75) is 25.8 Å². The van der Waals surface area contributed by atoms with E-state index in [4.69, 9.17) is 0 Å². The Labute approximate surface area is 102 Å². The number of rotatable bonds is 6. The zero-order valence-corrected chi connectivity index (χ0v) is 10.1. The Balaban J connectivity index is 1.68. The average molecular weight is 233 g/mol. The maximum Gasteiger partial charge on any atom is 0.233 e. The SMILES string of the molecule is C[C@@H](NCC(=O)NCC1CC1)c1ccccn1. The summed E-state index contributed by atoms with van der Waals surface area (Å²) in [4.78, 5) is 15.8. The largest absolute Gasteiger partial charge is 0.355 e. The van der Waals surface area contributed by atoms with Crippen LogP contribution in [-0.4, -0.2) is 24.0 Å². The van der Waals surface area contributed by atoms with E-state index >= 15 is 0 Å². The molecule has 0 radical (unpaired) electrons. The van der Waals surface area contributed by atoms with Gasteiger partial charge in [0.05, 0.1) is 12.2 Å². The van der Waals surface area contributed by atoms with E-state index < -0.39 is 0 Å². The minimum atomic E-state index is 0.0691. The molecule has 2 N–H and O–H groups in total. The van der Waals surface area contributed by atoms with Crippen LogP contribution in [0.2, 0.25) is 0 Å². The number of nitrogens with one attached hydrogen (secondary N) is 2. The number of carbonyl (C=O) groups is 1. The van der Waals surface area contributed by atoms with Crippen molar-refractivity contribution in [1.82, 2.24) is 15.6 Å². The van der Waals surface area contributed by atoms with E-state index in [-0.39, 0.29) is 11.9 Å². The fraction of sp³-hybridized carbons (Fsp3) is 0.538. The molecule has 0 saturated heterocycles. The fourth-order valence-electron chi connectivity index (χ4n) is 1.63. The van der Waals surface area contributed by atoms with Gasteiger partial charge in [0, 0.05) is 18.8 Å². The lowest BCUT2D eigenvalue weighted by atomic mass is 10.2. The number of pyridine rings is 1. The second-order valence-corrected chi connectivity index (χ2v) is 4.60. The summed E-state index contributed by atoms with van der Waals surface area (Å²) >= 11 is 0. The Morgan fingerprint density at radius 2 is 2.35 bits per heavy atom. The van der Waals surface area contributed by atoms with Gasteiger partial charge >= 0.3 is 0 Å².